The third-order valence-corrected chi connectivity index (χ3v) is 2.05. The number of aryl methyl sites for hydroxylation is 1. The summed E-state index contributed by atoms with van der Waals surface area (Å²) < 4.78 is 13.1. The predicted molar refractivity (Wildman–Crippen MR) is 60.3 cm³/mol. The highest BCUT2D eigenvalue weighted by molar-refractivity contribution is 5.88. The van der Waals surface area contributed by atoms with Crippen LogP contribution in [0.2, 0.25) is 0 Å². The molecule has 0 aliphatic carbocycles. The van der Waals surface area contributed by atoms with Crippen molar-refractivity contribution in [2.24, 2.45) is 0 Å². The molecule has 0 N–H and O–H groups in total. The van der Waals surface area contributed by atoms with Gasteiger partial charge in [-0.3, -0.25) is 0 Å². The lowest BCUT2D eigenvalue weighted by Gasteiger charge is -2.01. The Balaban J connectivity index is 0.000000606. The van der Waals surface area contributed by atoms with Crippen LogP contribution in [0.4, 0.5) is 4.39 Å². The summed E-state index contributed by atoms with van der Waals surface area (Å²) in [5, 5.41) is 17.6. The minimum absolute atomic E-state index is 0.290. The maximum atomic E-state index is 13.1. The van der Waals surface area contributed by atoms with Crippen LogP contribution in [0.25, 0.3) is 10.8 Å². The summed E-state index contributed by atoms with van der Waals surface area (Å²) in [6.45, 7) is 5.73. The number of aromatic nitrogens is 2. The van der Waals surface area contributed by atoms with Gasteiger partial charge in [-0.2, -0.15) is 15.5 Å². The van der Waals surface area contributed by atoms with Crippen molar-refractivity contribution in [3.8, 4) is 6.07 Å². The van der Waals surface area contributed by atoms with Crippen molar-refractivity contribution in [1.82, 2.24) is 10.2 Å². The first-order valence-electron chi connectivity index (χ1n) is 5.04. The van der Waals surface area contributed by atoms with Crippen LogP contribution >= 0.6 is 0 Å². The summed E-state index contributed by atoms with van der Waals surface area (Å²) >= 11 is 0. The van der Waals surface area contributed by atoms with Gasteiger partial charge in [-0.15, -0.1) is 0 Å². The van der Waals surface area contributed by atoms with Crippen LogP contribution in [0.1, 0.15) is 25.1 Å². The van der Waals surface area contributed by atoms with E-state index >= 15 is 0 Å². The van der Waals surface area contributed by atoms with E-state index in [1.54, 1.807) is 6.92 Å². The standard InChI is InChI=1S/C10H6FN3.C2H6/c1-6-9-3-8(11)2-7(4-12)10(9)5-13-14-6;1-2/h2-3,5H,1H3;1-2H3. The van der Waals surface area contributed by atoms with Crippen LogP contribution in [0.5, 0.6) is 0 Å². The van der Waals surface area contributed by atoms with Gasteiger partial charge in [0, 0.05) is 10.8 Å². The summed E-state index contributed by atoms with van der Waals surface area (Å²) in [5.41, 5.74) is 0.913. The third-order valence-electron chi connectivity index (χ3n) is 2.05. The first-order valence-corrected chi connectivity index (χ1v) is 5.04. The van der Waals surface area contributed by atoms with Gasteiger partial charge in [-0.25, -0.2) is 4.39 Å². The second-order valence-electron chi connectivity index (χ2n) is 2.96. The molecule has 0 aliphatic heterocycles. The Morgan fingerprint density at radius 2 is 1.94 bits per heavy atom. The molecular weight excluding hydrogens is 205 g/mol. The van der Waals surface area contributed by atoms with Crippen molar-refractivity contribution in [2.45, 2.75) is 20.8 Å². The number of benzene rings is 1. The van der Waals surface area contributed by atoms with E-state index in [2.05, 4.69) is 10.2 Å². The zero-order valence-corrected chi connectivity index (χ0v) is 9.45. The van der Waals surface area contributed by atoms with Gasteiger partial charge < -0.3 is 0 Å². The molecule has 1 aromatic heterocycles. The van der Waals surface area contributed by atoms with E-state index in [0.717, 1.165) is 0 Å². The Bertz CT molecular complexity index is 544. The van der Waals surface area contributed by atoms with Crippen LogP contribution in [0.3, 0.4) is 0 Å². The number of nitrogens with zero attached hydrogens (tertiary/aromatic N) is 3. The van der Waals surface area contributed by atoms with E-state index in [0.29, 0.717) is 16.5 Å². The van der Waals surface area contributed by atoms with Crippen molar-refractivity contribution in [2.75, 3.05) is 0 Å². The molecule has 0 bridgehead atoms. The van der Waals surface area contributed by atoms with Crippen molar-refractivity contribution >= 4 is 10.8 Å². The zero-order valence-electron chi connectivity index (χ0n) is 9.45. The summed E-state index contributed by atoms with van der Waals surface area (Å²) in [4.78, 5) is 0. The van der Waals surface area contributed by atoms with Gasteiger partial charge in [0.1, 0.15) is 5.82 Å². The van der Waals surface area contributed by atoms with Crippen LogP contribution in [-0.4, -0.2) is 10.2 Å². The number of fused-ring (bicyclic) bond motifs is 1. The van der Waals surface area contributed by atoms with Crippen LogP contribution in [0.15, 0.2) is 18.3 Å². The third kappa shape index (κ3) is 2.14. The average molecular weight is 217 g/mol. The van der Waals surface area contributed by atoms with E-state index in [4.69, 9.17) is 5.26 Å². The highest BCUT2D eigenvalue weighted by atomic mass is 19.1. The molecule has 1 heterocycles. The Morgan fingerprint density at radius 3 is 2.56 bits per heavy atom. The molecule has 0 radical (unpaired) electrons. The fraction of sp³-hybridized carbons (Fsp3) is 0.250. The highest BCUT2D eigenvalue weighted by Gasteiger charge is 2.06. The molecule has 16 heavy (non-hydrogen) atoms. The molecule has 1 aromatic carbocycles. The first-order chi connectivity index (χ1) is 7.72. The SMILES string of the molecule is CC.Cc1nncc2c(C#N)cc(F)cc12. The van der Waals surface area contributed by atoms with Crippen molar-refractivity contribution in [1.29, 1.82) is 5.26 Å². The molecule has 0 aliphatic rings. The summed E-state index contributed by atoms with van der Waals surface area (Å²) in [6.07, 6.45) is 1.47. The molecule has 2 aromatic rings. The van der Waals surface area contributed by atoms with E-state index < -0.39 is 5.82 Å². The minimum Gasteiger partial charge on any atom is -0.207 e. The lowest BCUT2D eigenvalue weighted by Crippen LogP contribution is -1.91. The number of rotatable bonds is 0. The van der Waals surface area contributed by atoms with Gasteiger partial charge >= 0.3 is 0 Å². The molecular formula is C12H12FN3. The lowest BCUT2D eigenvalue weighted by molar-refractivity contribution is 0.629. The Morgan fingerprint density at radius 1 is 1.25 bits per heavy atom. The molecule has 82 valence electrons. The summed E-state index contributed by atoms with van der Waals surface area (Å²) in [5.74, 6) is -0.426. The normalized spacial score (nSPS) is 9.19. The molecule has 0 atom stereocenters. The maximum absolute atomic E-state index is 13.1. The Labute approximate surface area is 93.5 Å². The van der Waals surface area contributed by atoms with Crippen LogP contribution in [0, 0.1) is 24.1 Å². The highest BCUT2D eigenvalue weighted by Crippen LogP contribution is 2.20. The van der Waals surface area contributed by atoms with Crippen molar-refractivity contribution < 1.29 is 4.39 Å². The number of hydrogen-bond acceptors (Lipinski definition) is 3. The van der Waals surface area contributed by atoms with Gasteiger partial charge in [0.05, 0.1) is 23.5 Å². The average Bonchev–Trinajstić information content (AvgIpc) is 2.32. The van der Waals surface area contributed by atoms with Crippen LogP contribution in [-0.2, 0) is 0 Å². The first kappa shape index (κ1) is 12.1. The number of nitriles is 1. The fourth-order valence-electron chi connectivity index (χ4n) is 1.38. The largest absolute Gasteiger partial charge is 0.207 e. The summed E-state index contributed by atoms with van der Waals surface area (Å²) in [7, 11) is 0. The molecule has 4 heteroatoms. The lowest BCUT2D eigenvalue weighted by atomic mass is 10.1. The topological polar surface area (TPSA) is 49.6 Å². The Kier molecular flexibility index (Phi) is 3.90. The molecule has 0 saturated heterocycles. The van der Waals surface area contributed by atoms with E-state index in [1.165, 1.54) is 18.3 Å². The van der Waals surface area contributed by atoms with Gasteiger partial charge in [0.15, 0.2) is 0 Å². The van der Waals surface area contributed by atoms with Gasteiger partial charge in [-0.1, -0.05) is 13.8 Å². The summed E-state index contributed by atoms with van der Waals surface area (Å²) in [6, 6.07) is 4.49. The molecule has 0 spiro atoms. The van der Waals surface area contributed by atoms with E-state index in [1.807, 2.05) is 19.9 Å². The molecule has 0 saturated carbocycles. The maximum Gasteiger partial charge on any atom is 0.125 e. The van der Waals surface area contributed by atoms with Gasteiger partial charge in [-0.05, 0) is 19.1 Å². The fourth-order valence-corrected chi connectivity index (χ4v) is 1.38. The molecule has 0 fully saturated rings. The predicted octanol–water partition coefficient (Wildman–Crippen LogP) is 2.98. The number of halogens is 1. The molecule has 0 unspecified atom stereocenters. The van der Waals surface area contributed by atoms with Crippen LogP contribution < -0.4 is 0 Å². The molecule has 3 nitrogen and oxygen atoms in total. The quantitative estimate of drug-likeness (QED) is 0.681. The second-order valence-corrected chi connectivity index (χ2v) is 2.96. The molecule has 0 amide bonds. The smallest absolute Gasteiger partial charge is 0.125 e. The van der Waals surface area contributed by atoms with E-state index in [-0.39, 0.29) is 5.56 Å². The monoisotopic (exact) mass is 217 g/mol. The van der Waals surface area contributed by atoms with Gasteiger partial charge in [0.2, 0.25) is 0 Å². The zero-order chi connectivity index (χ0) is 12.1. The van der Waals surface area contributed by atoms with Crippen molar-refractivity contribution in [3.05, 3.63) is 35.4 Å². The second kappa shape index (κ2) is 5.17. The van der Waals surface area contributed by atoms with Crippen molar-refractivity contribution in [3.63, 3.8) is 0 Å². The number of hydrogen-bond donors (Lipinski definition) is 0. The molecule has 2 rings (SSSR count). The Hall–Kier alpha value is -2.02. The van der Waals surface area contributed by atoms with E-state index in [9.17, 15) is 4.39 Å². The van der Waals surface area contributed by atoms with Gasteiger partial charge in [0.25, 0.3) is 0 Å². The minimum atomic E-state index is -0.426.